The molecule has 0 spiro atoms. The summed E-state index contributed by atoms with van der Waals surface area (Å²) in [7, 11) is 0. The summed E-state index contributed by atoms with van der Waals surface area (Å²) in [6.07, 6.45) is 0. The maximum absolute atomic E-state index is 7.50. The van der Waals surface area contributed by atoms with Crippen molar-refractivity contribution in [1.29, 1.82) is 0 Å². The number of ether oxygens (including phenoxy) is 1. The van der Waals surface area contributed by atoms with E-state index < -0.39 is 0 Å². The summed E-state index contributed by atoms with van der Waals surface area (Å²) in [4.78, 5) is 0. The van der Waals surface area contributed by atoms with Crippen molar-refractivity contribution in [3.8, 4) is 0 Å². The fourth-order valence-corrected chi connectivity index (χ4v) is 1.70. The van der Waals surface area contributed by atoms with Crippen molar-refractivity contribution in [3.05, 3.63) is 26.6 Å². The van der Waals surface area contributed by atoms with Crippen molar-refractivity contribution in [3.63, 3.8) is 0 Å². The Kier molecular flexibility index (Phi) is 90.3. The first-order chi connectivity index (χ1) is 11.0. The molecule has 0 aromatic heterocycles. The largest absolute Gasteiger partial charge is 0 e. The summed E-state index contributed by atoms with van der Waals surface area (Å²) >= 11 is 8.77. The zero-order valence-electron chi connectivity index (χ0n) is 14.7. The van der Waals surface area contributed by atoms with Crippen LogP contribution < -0.4 is 0 Å². The van der Waals surface area contributed by atoms with E-state index in [0.29, 0.717) is 6.61 Å². The van der Waals surface area contributed by atoms with E-state index in [-0.39, 0.29) is 25.4 Å². The maximum Gasteiger partial charge on any atom is 0 e. The third-order valence-corrected chi connectivity index (χ3v) is 3.18. The Balaban J connectivity index is -0.0000000338. The van der Waals surface area contributed by atoms with Gasteiger partial charge in [0.25, 0.3) is 0 Å². The molecule has 0 aromatic rings. The number of thiocarbonyl (C=S) groups is 1. The van der Waals surface area contributed by atoms with Gasteiger partial charge in [-0.1, -0.05) is 0 Å². The molecular formula is C15H25NO5S2W. The molecule has 0 atom stereocenters. The Hall–Kier alpha value is -0.282. The Bertz CT molecular complexity index is 262. The molecule has 0 radical (unpaired) electrons. The minimum absolute atomic E-state index is 0. The van der Waals surface area contributed by atoms with Crippen LogP contribution in [-0.2, 0) is 57.0 Å². The van der Waals surface area contributed by atoms with Crippen LogP contribution in [0.1, 0.15) is 34.6 Å². The molecule has 0 bridgehead atoms. The minimum atomic E-state index is 0. The van der Waals surface area contributed by atoms with Gasteiger partial charge in [0.2, 0.25) is 0 Å². The minimum Gasteiger partial charge on any atom is 0 e. The predicted octanol–water partition coefficient (Wildman–Crippen LogP) is 2.58. The molecule has 0 N–H and O–H groups in total. The molecule has 0 aliphatic heterocycles. The van der Waals surface area contributed by atoms with Crippen LogP contribution in [0, 0.1) is 26.6 Å². The predicted molar refractivity (Wildman–Crippen MR) is 89.7 cm³/mol. The topological polar surface area (TPSA) is 88.8 Å². The number of nitrogens with zero attached hydrogens (tertiary/aromatic N) is 1. The molecule has 6 nitrogen and oxygen atoms in total. The molecule has 0 aromatic carbocycles. The Morgan fingerprint density at radius 1 is 0.792 bits per heavy atom. The molecule has 0 rings (SSSR count). The molecule has 9 heteroatoms. The van der Waals surface area contributed by atoms with E-state index in [0.717, 1.165) is 0 Å². The van der Waals surface area contributed by atoms with E-state index >= 15 is 0 Å². The SMILES string of the molecule is CCOC(=S)[S-].CC[N+](CC)(CC)CC.[C-]#[O+].[C-]#[O+].[C-]#[O+].[C-]#[O+].[W]. The second kappa shape index (κ2) is 49.5. The molecular weight excluding hydrogens is 522 g/mol. The van der Waals surface area contributed by atoms with Crippen molar-refractivity contribution in [2.24, 2.45) is 0 Å². The molecule has 24 heavy (non-hydrogen) atoms. The van der Waals surface area contributed by atoms with Gasteiger partial charge < -0.3 is 34.1 Å². The van der Waals surface area contributed by atoms with Gasteiger partial charge in [0.05, 0.1) is 32.8 Å². The second-order valence-corrected chi connectivity index (χ2v) is 4.29. The average Bonchev–Trinajstić information content (AvgIpc) is 2.65. The van der Waals surface area contributed by atoms with Gasteiger partial charge in [-0.05, 0) is 34.6 Å². The zero-order valence-corrected chi connectivity index (χ0v) is 19.3. The van der Waals surface area contributed by atoms with Crippen molar-refractivity contribution in [2.75, 3.05) is 32.8 Å². The average molecular weight is 547 g/mol. The second-order valence-electron chi connectivity index (χ2n) is 3.29. The number of rotatable bonds is 5. The van der Waals surface area contributed by atoms with Gasteiger partial charge in [-0.15, -0.1) is 0 Å². The Labute approximate surface area is 171 Å². The molecule has 0 aliphatic rings. The van der Waals surface area contributed by atoms with Gasteiger partial charge in [-0.3, -0.25) is 0 Å². The van der Waals surface area contributed by atoms with Crippen LogP contribution in [0.25, 0.3) is 0 Å². The van der Waals surface area contributed by atoms with Crippen LogP contribution in [0.2, 0.25) is 0 Å². The summed E-state index contributed by atoms with van der Waals surface area (Å²) in [6, 6.07) is 0. The summed E-state index contributed by atoms with van der Waals surface area (Å²) in [5.74, 6) is 0. The first-order valence-electron chi connectivity index (χ1n) is 6.52. The van der Waals surface area contributed by atoms with Gasteiger partial charge in [0.15, 0.2) is 0 Å². The first kappa shape index (κ1) is 43.8. The van der Waals surface area contributed by atoms with E-state index in [2.05, 4.69) is 83.9 Å². The maximum atomic E-state index is 7.50. The van der Waals surface area contributed by atoms with E-state index in [4.69, 9.17) is 18.6 Å². The van der Waals surface area contributed by atoms with Crippen LogP contribution in [-0.4, -0.2) is 41.7 Å². The normalized spacial score (nSPS) is 6.71. The summed E-state index contributed by atoms with van der Waals surface area (Å²) in [5, 5.41) is 0. The van der Waals surface area contributed by atoms with Gasteiger partial charge in [-0.2, -0.15) is 0 Å². The third kappa shape index (κ3) is 43.0. The van der Waals surface area contributed by atoms with E-state index in [9.17, 15) is 0 Å². The molecule has 0 saturated heterocycles. The zero-order chi connectivity index (χ0) is 20.3. The van der Waals surface area contributed by atoms with E-state index in [1.54, 1.807) is 0 Å². The third-order valence-electron chi connectivity index (χ3n) is 2.95. The van der Waals surface area contributed by atoms with Crippen molar-refractivity contribution < 1.29 is 48.9 Å². The van der Waals surface area contributed by atoms with Crippen LogP contribution in [0.5, 0.6) is 0 Å². The van der Waals surface area contributed by atoms with Gasteiger partial charge >= 0.3 is 45.2 Å². The monoisotopic (exact) mass is 547 g/mol. The van der Waals surface area contributed by atoms with Gasteiger partial charge in [-0.25, -0.2) is 0 Å². The van der Waals surface area contributed by atoms with Crippen molar-refractivity contribution >= 4 is 29.2 Å². The molecule has 0 amide bonds. The first-order valence-corrected chi connectivity index (χ1v) is 7.33. The number of quaternary nitrogens is 1. The molecule has 0 saturated carbocycles. The Morgan fingerprint density at radius 2 is 1.00 bits per heavy atom. The molecule has 138 valence electrons. The van der Waals surface area contributed by atoms with Crippen molar-refractivity contribution in [1.82, 2.24) is 0 Å². The molecule has 0 unspecified atom stereocenters. The molecule has 0 aliphatic carbocycles. The molecule has 0 fully saturated rings. The van der Waals surface area contributed by atoms with Crippen LogP contribution in [0.3, 0.4) is 0 Å². The van der Waals surface area contributed by atoms with Gasteiger partial charge in [0.1, 0.15) is 0 Å². The van der Waals surface area contributed by atoms with E-state index in [1.165, 1.54) is 30.7 Å². The number of hydrogen-bond acceptors (Lipinski definition) is 3. The smallest absolute Gasteiger partial charge is 0 e. The van der Waals surface area contributed by atoms with Gasteiger partial charge in [0, 0.05) is 25.4 Å². The Morgan fingerprint density at radius 3 is 1.00 bits per heavy atom. The summed E-state index contributed by atoms with van der Waals surface area (Å²) in [6.45, 7) is 34.7. The fourth-order valence-electron chi connectivity index (χ4n) is 1.46. The van der Waals surface area contributed by atoms with Crippen molar-refractivity contribution in [2.45, 2.75) is 34.6 Å². The summed E-state index contributed by atoms with van der Waals surface area (Å²) in [5.41, 5.74) is 0. The summed E-state index contributed by atoms with van der Waals surface area (Å²) < 4.78 is 36.1. The standard InChI is InChI=1S/C8H20N.C3H6OS2.4CO.W/c1-5-9(6-2,7-3)8-4;1-2-4-3(5)6;4*1-2;/h5-8H2,1-4H3;2H2,1H3,(H,5,6);;;;;/q+1;;;;;;/p-1. The number of hydrogen-bond donors (Lipinski definition) is 0. The quantitative estimate of drug-likeness (QED) is 0.174. The van der Waals surface area contributed by atoms with Crippen LogP contribution in [0.15, 0.2) is 0 Å². The van der Waals surface area contributed by atoms with E-state index in [1.807, 2.05) is 6.92 Å². The fraction of sp³-hybridized carbons (Fsp3) is 0.667. The molecule has 0 heterocycles. The van der Waals surface area contributed by atoms with Crippen LogP contribution in [0.4, 0.5) is 0 Å². The van der Waals surface area contributed by atoms with Crippen LogP contribution >= 0.6 is 12.2 Å².